The Morgan fingerprint density at radius 2 is 2.19 bits per heavy atom. The highest BCUT2D eigenvalue weighted by Gasteiger charge is 2.11. The van der Waals surface area contributed by atoms with E-state index in [1.807, 2.05) is 29.7 Å². The summed E-state index contributed by atoms with van der Waals surface area (Å²) >= 11 is 1.60. The van der Waals surface area contributed by atoms with Crippen LogP contribution in [0.5, 0.6) is 0 Å². The second kappa shape index (κ2) is 9.69. The van der Waals surface area contributed by atoms with Crippen LogP contribution < -0.4 is 10.6 Å². The van der Waals surface area contributed by atoms with E-state index in [-0.39, 0.29) is 0 Å². The van der Waals surface area contributed by atoms with Gasteiger partial charge in [0, 0.05) is 38.9 Å². The highest BCUT2D eigenvalue weighted by molar-refractivity contribution is 7.12. The van der Waals surface area contributed by atoms with E-state index in [4.69, 9.17) is 10.5 Å². The van der Waals surface area contributed by atoms with Gasteiger partial charge in [0.15, 0.2) is 0 Å². The number of ether oxygens (including phenoxy) is 1. The normalized spacial score (nSPS) is 15.7. The van der Waals surface area contributed by atoms with Crippen LogP contribution in [0, 0.1) is 0 Å². The minimum Gasteiger partial charge on any atom is -0.383 e. The molecule has 2 heterocycles. The molecule has 0 unspecified atom stereocenters. The first-order chi connectivity index (χ1) is 13.2. The van der Waals surface area contributed by atoms with Crippen molar-refractivity contribution in [3.05, 3.63) is 52.7 Å². The Morgan fingerprint density at radius 1 is 1.37 bits per heavy atom. The number of hydrogen-bond acceptors (Lipinski definition) is 5. The Morgan fingerprint density at radius 3 is 2.89 bits per heavy atom. The van der Waals surface area contributed by atoms with Gasteiger partial charge in [-0.25, -0.2) is 4.99 Å². The molecule has 1 saturated heterocycles. The molecule has 0 atom stereocenters. The number of rotatable bonds is 8. The zero-order valence-electron chi connectivity index (χ0n) is 15.9. The van der Waals surface area contributed by atoms with E-state index in [1.165, 1.54) is 0 Å². The van der Waals surface area contributed by atoms with Gasteiger partial charge < -0.3 is 15.4 Å². The van der Waals surface area contributed by atoms with Crippen LogP contribution >= 0.6 is 11.3 Å². The Kier molecular flexibility index (Phi) is 7.04. The third-order valence-corrected chi connectivity index (χ3v) is 5.63. The van der Waals surface area contributed by atoms with E-state index in [0.717, 1.165) is 67.6 Å². The van der Waals surface area contributed by atoms with Gasteiger partial charge in [-0.2, -0.15) is 0 Å². The molecule has 6 heteroatoms. The molecule has 0 bridgehead atoms. The molecule has 1 fully saturated rings. The monoisotopic (exact) mass is 384 g/mol. The summed E-state index contributed by atoms with van der Waals surface area (Å²) in [7, 11) is 2.12. The molecule has 27 heavy (non-hydrogen) atoms. The number of morpholine rings is 1. The molecule has 0 radical (unpaired) electrons. The van der Waals surface area contributed by atoms with Crippen LogP contribution in [0.25, 0.3) is 6.08 Å². The van der Waals surface area contributed by atoms with Crippen molar-refractivity contribution in [2.75, 3.05) is 51.3 Å². The fourth-order valence-electron chi connectivity index (χ4n) is 3.20. The highest BCUT2D eigenvalue weighted by Crippen LogP contribution is 2.27. The van der Waals surface area contributed by atoms with E-state index in [9.17, 15) is 0 Å². The van der Waals surface area contributed by atoms with Gasteiger partial charge in [0.25, 0.3) is 0 Å². The van der Waals surface area contributed by atoms with Gasteiger partial charge in [-0.15, -0.1) is 11.3 Å². The van der Waals surface area contributed by atoms with E-state index in [0.29, 0.717) is 5.84 Å². The smallest absolute Gasteiger partial charge is 0.141 e. The number of anilines is 1. The molecule has 2 aromatic rings. The zero-order valence-corrected chi connectivity index (χ0v) is 16.8. The quantitative estimate of drug-likeness (QED) is 0.558. The standard InChI is InChI=1S/C21H28N4OS/c1-3-17-7-8-18(23-21(22)20-6-4-15-27-20)16-19(17)24(2)9-5-10-25-11-13-26-14-12-25/h3-4,6-8,15-16H,1,5,9-14H2,2H3,(H2,22,23). The average Bonchev–Trinajstić information content (AvgIpc) is 3.24. The van der Waals surface area contributed by atoms with Gasteiger partial charge in [0.05, 0.1) is 23.8 Å². The molecule has 0 saturated carbocycles. The van der Waals surface area contributed by atoms with Gasteiger partial charge in [0.1, 0.15) is 5.84 Å². The summed E-state index contributed by atoms with van der Waals surface area (Å²) < 4.78 is 5.41. The van der Waals surface area contributed by atoms with Crippen LogP contribution in [0.2, 0.25) is 0 Å². The van der Waals surface area contributed by atoms with Crippen molar-refractivity contribution in [1.29, 1.82) is 0 Å². The average molecular weight is 385 g/mol. The predicted octanol–water partition coefficient (Wildman–Crippen LogP) is 3.59. The van der Waals surface area contributed by atoms with Crippen molar-refractivity contribution in [3.8, 4) is 0 Å². The first-order valence-electron chi connectivity index (χ1n) is 9.33. The van der Waals surface area contributed by atoms with Gasteiger partial charge in [-0.3, -0.25) is 4.90 Å². The lowest BCUT2D eigenvalue weighted by Gasteiger charge is -2.28. The minimum atomic E-state index is 0.553. The second-order valence-corrected chi connectivity index (χ2v) is 7.60. The first kappa shape index (κ1) is 19.6. The number of thiophene rings is 1. The Labute approximate surface area is 165 Å². The number of amidine groups is 1. The molecule has 1 aromatic heterocycles. The first-order valence-corrected chi connectivity index (χ1v) is 10.2. The summed E-state index contributed by atoms with van der Waals surface area (Å²) in [4.78, 5) is 10.3. The lowest BCUT2D eigenvalue weighted by Crippen LogP contribution is -2.37. The number of hydrogen-bond donors (Lipinski definition) is 1. The van der Waals surface area contributed by atoms with E-state index < -0.39 is 0 Å². The fourth-order valence-corrected chi connectivity index (χ4v) is 3.83. The third-order valence-electron chi connectivity index (χ3n) is 4.74. The number of nitrogens with two attached hydrogens (primary N) is 1. The molecule has 1 aromatic carbocycles. The largest absolute Gasteiger partial charge is 0.383 e. The zero-order chi connectivity index (χ0) is 19.1. The predicted molar refractivity (Wildman–Crippen MR) is 116 cm³/mol. The molecule has 1 aliphatic heterocycles. The molecule has 0 amide bonds. The number of nitrogens with zero attached hydrogens (tertiary/aromatic N) is 3. The third kappa shape index (κ3) is 5.42. The molecule has 2 N–H and O–H groups in total. The van der Waals surface area contributed by atoms with E-state index >= 15 is 0 Å². The van der Waals surface area contributed by atoms with Gasteiger partial charge in [-0.1, -0.05) is 24.8 Å². The van der Waals surface area contributed by atoms with E-state index in [2.05, 4.69) is 40.6 Å². The summed E-state index contributed by atoms with van der Waals surface area (Å²) in [5, 5.41) is 2.01. The van der Waals surface area contributed by atoms with Crippen molar-refractivity contribution in [1.82, 2.24) is 4.90 Å². The van der Waals surface area contributed by atoms with Crippen molar-refractivity contribution < 1.29 is 4.74 Å². The van der Waals surface area contributed by atoms with Crippen molar-refractivity contribution in [2.24, 2.45) is 10.7 Å². The summed E-state index contributed by atoms with van der Waals surface area (Å²) in [5.74, 6) is 0.553. The Balaban J connectivity index is 1.67. The molecule has 5 nitrogen and oxygen atoms in total. The molecular formula is C21H28N4OS. The van der Waals surface area contributed by atoms with Crippen LogP contribution in [-0.2, 0) is 4.74 Å². The van der Waals surface area contributed by atoms with Crippen LogP contribution in [0.3, 0.4) is 0 Å². The van der Waals surface area contributed by atoms with Gasteiger partial charge >= 0.3 is 0 Å². The molecule has 0 aliphatic carbocycles. The summed E-state index contributed by atoms with van der Waals surface area (Å²) in [6.45, 7) is 9.80. The molecule has 1 aliphatic rings. The summed E-state index contributed by atoms with van der Waals surface area (Å²) in [6, 6.07) is 10.1. The van der Waals surface area contributed by atoms with Crippen LogP contribution in [-0.4, -0.2) is 57.2 Å². The van der Waals surface area contributed by atoms with Crippen LogP contribution in [0.4, 0.5) is 11.4 Å². The molecule has 144 valence electrons. The van der Waals surface area contributed by atoms with Crippen molar-refractivity contribution in [2.45, 2.75) is 6.42 Å². The van der Waals surface area contributed by atoms with Crippen molar-refractivity contribution in [3.63, 3.8) is 0 Å². The van der Waals surface area contributed by atoms with Gasteiger partial charge in [-0.05, 0) is 35.6 Å². The highest BCUT2D eigenvalue weighted by atomic mass is 32.1. The fraction of sp³-hybridized carbons (Fsp3) is 0.381. The second-order valence-electron chi connectivity index (χ2n) is 6.65. The van der Waals surface area contributed by atoms with Crippen molar-refractivity contribution >= 4 is 34.6 Å². The Hall–Kier alpha value is -2.15. The number of aliphatic imine (C=N–C) groups is 1. The molecular weight excluding hydrogens is 356 g/mol. The molecule has 0 spiro atoms. The van der Waals surface area contributed by atoms with Gasteiger partial charge in [0.2, 0.25) is 0 Å². The number of benzene rings is 1. The topological polar surface area (TPSA) is 54.1 Å². The minimum absolute atomic E-state index is 0.553. The SMILES string of the molecule is C=Cc1ccc(N=C(N)c2cccs2)cc1N(C)CCCN1CCOCC1. The maximum atomic E-state index is 6.14. The Bertz CT molecular complexity index is 766. The maximum Gasteiger partial charge on any atom is 0.141 e. The van der Waals surface area contributed by atoms with Crippen LogP contribution in [0.1, 0.15) is 16.9 Å². The van der Waals surface area contributed by atoms with Crippen LogP contribution in [0.15, 0.2) is 47.3 Å². The lowest BCUT2D eigenvalue weighted by atomic mass is 10.1. The maximum absolute atomic E-state index is 6.14. The summed E-state index contributed by atoms with van der Waals surface area (Å²) in [5.41, 5.74) is 9.24. The molecule has 3 rings (SSSR count). The summed E-state index contributed by atoms with van der Waals surface area (Å²) in [6.07, 6.45) is 3.00. The lowest BCUT2D eigenvalue weighted by molar-refractivity contribution is 0.0377. The van der Waals surface area contributed by atoms with E-state index in [1.54, 1.807) is 11.3 Å².